The molecule has 1 aliphatic heterocycles. The summed E-state index contributed by atoms with van der Waals surface area (Å²) >= 11 is 3.48. The zero-order chi connectivity index (χ0) is 14.8. The fraction of sp³-hybridized carbons (Fsp3) is 0.571. The van der Waals surface area contributed by atoms with Gasteiger partial charge in [-0.3, -0.25) is 0 Å². The van der Waals surface area contributed by atoms with E-state index in [-0.39, 0.29) is 23.5 Å². The Labute approximate surface area is 128 Å². The first kappa shape index (κ1) is 15.8. The van der Waals surface area contributed by atoms with Crippen LogP contribution < -0.4 is 10.5 Å². The second-order valence-corrected chi connectivity index (χ2v) is 8.31. The van der Waals surface area contributed by atoms with Gasteiger partial charge in [0.1, 0.15) is 5.75 Å². The van der Waals surface area contributed by atoms with E-state index in [2.05, 4.69) is 22.9 Å². The van der Waals surface area contributed by atoms with Crippen molar-refractivity contribution >= 4 is 25.8 Å². The van der Waals surface area contributed by atoms with E-state index in [1.54, 1.807) is 0 Å². The maximum Gasteiger partial charge on any atom is 0.150 e. The van der Waals surface area contributed by atoms with Gasteiger partial charge in [0.15, 0.2) is 9.84 Å². The van der Waals surface area contributed by atoms with Crippen molar-refractivity contribution in [3.63, 3.8) is 0 Å². The standard InChI is InChI=1S/C14H20BrNO3S/c1-2-6-19-13-4-3-10(8-12(13)15)14(16)11-5-7-20(17,18)9-11/h3-4,8,11,14H,2,5-7,9,16H2,1H3. The van der Waals surface area contributed by atoms with Crippen LogP contribution in [0.3, 0.4) is 0 Å². The average molecular weight is 362 g/mol. The first-order valence-electron chi connectivity index (χ1n) is 6.81. The van der Waals surface area contributed by atoms with Gasteiger partial charge in [-0.05, 0) is 52.4 Å². The summed E-state index contributed by atoms with van der Waals surface area (Å²) in [5.74, 6) is 1.25. The summed E-state index contributed by atoms with van der Waals surface area (Å²) in [5, 5.41) is 0. The van der Waals surface area contributed by atoms with E-state index in [1.165, 1.54) is 0 Å². The summed E-state index contributed by atoms with van der Waals surface area (Å²) < 4.78 is 29.5. The average Bonchev–Trinajstić information content (AvgIpc) is 2.77. The number of ether oxygens (including phenoxy) is 1. The van der Waals surface area contributed by atoms with E-state index >= 15 is 0 Å². The lowest BCUT2D eigenvalue weighted by Gasteiger charge is -2.19. The van der Waals surface area contributed by atoms with Gasteiger partial charge in [0.25, 0.3) is 0 Å². The van der Waals surface area contributed by atoms with E-state index in [4.69, 9.17) is 10.5 Å². The van der Waals surface area contributed by atoms with E-state index in [9.17, 15) is 8.42 Å². The minimum absolute atomic E-state index is 0.00862. The highest BCUT2D eigenvalue weighted by atomic mass is 79.9. The normalized spacial score (nSPS) is 22.6. The summed E-state index contributed by atoms with van der Waals surface area (Å²) in [4.78, 5) is 0. The largest absolute Gasteiger partial charge is 0.492 e. The van der Waals surface area contributed by atoms with Crippen LogP contribution in [0.25, 0.3) is 0 Å². The van der Waals surface area contributed by atoms with Crippen LogP contribution in [-0.4, -0.2) is 26.5 Å². The molecule has 1 saturated heterocycles. The quantitative estimate of drug-likeness (QED) is 0.874. The highest BCUT2D eigenvalue weighted by Gasteiger charge is 2.32. The molecule has 4 nitrogen and oxygen atoms in total. The van der Waals surface area contributed by atoms with Gasteiger partial charge in [-0.25, -0.2) is 8.42 Å². The fourth-order valence-electron chi connectivity index (χ4n) is 2.43. The van der Waals surface area contributed by atoms with Gasteiger partial charge in [0.05, 0.1) is 22.6 Å². The molecule has 2 N–H and O–H groups in total. The molecule has 2 atom stereocenters. The van der Waals surface area contributed by atoms with Gasteiger partial charge in [0.2, 0.25) is 0 Å². The van der Waals surface area contributed by atoms with Crippen LogP contribution in [0.2, 0.25) is 0 Å². The number of hydrogen-bond donors (Lipinski definition) is 1. The molecule has 6 heteroatoms. The summed E-state index contributed by atoms with van der Waals surface area (Å²) in [5.41, 5.74) is 7.16. The third kappa shape index (κ3) is 3.74. The van der Waals surface area contributed by atoms with E-state index in [0.717, 1.165) is 22.2 Å². The first-order chi connectivity index (χ1) is 9.43. The molecule has 1 aromatic rings. The number of sulfone groups is 1. The Morgan fingerprint density at radius 3 is 2.80 bits per heavy atom. The van der Waals surface area contributed by atoms with Crippen LogP contribution in [0.5, 0.6) is 5.75 Å². The fourth-order valence-corrected chi connectivity index (χ4v) is 4.80. The van der Waals surface area contributed by atoms with Crippen molar-refractivity contribution in [1.29, 1.82) is 0 Å². The Hall–Kier alpha value is -0.590. The zero-order valence-corrected chi connectivity index (χ0v) is 13.9. The van der Waals surface area contributed by atoms with Crippen molar-refractivity contribution in [2.75, 3.05) is 18.1 Å². The molecule has 0 radical (unpaired) electrons. The lowest BCUT2D eigenvalue weighted by molar-refractivity contribution is 0.315. The molecule has 0 saturated carbocycles. The van der Waals surface area contributed by atoms with Gasteiger partial charge >= 0.3 is 0 Å². The van der Waals surface area contributed by atoms with Crippen LogP contribution in [0, 0.1) is 5.92 Å². The number of nitrogens with two attached hydrogens (primary N) is 1. The zero-order valence-electron chi connectivity index (χ0n) is 11.5. The number of benzene rings is 1. The third-order valence-corrected chi connectivity index (χ3v) is 5.99. The highest BCUT2D eigenvalue weighted by Crippen LogP contribution is 2.33. The molecule has 0 bridgehead atoms. The molecule has 0 spiro atoms. The molecule has 1 fully saturated rings. The predicted octanol–water partition coefficient (Wildman–Crippen LogP) is 2.67. The van der Waals surface area contributed by atoms with Gasteiger partial charge in [-0.2, -0.15) is 0 Å². The Bertz CT molecular complexity index is 574. The van der Waals surface area contributed by atoms with Gasteiger partial charge < -0.3 is 10.5 Å². The lowest BCUT2D eigenvalue weighted by Crippen LogP contribution is -2.22. The number of rotatable bonds is 5. The van der Waals surface area contributed by atoms with E-state index in [1.807, 2.05) is 18.2 Å². The van der Waals surface area contributed by atoms with Gasteiger partial charge in [-0.1, -0.05) is 13.0 Å². The molecule has 112 valence electrons. The molecule has 0 aliphatic carbocycles. The van der Waals surface area contributed by atoms with Crippen molar-refractivity contribution in [3.8, 4) is 5.75 Å². The molecule has 0 aromatic heterocycles. The summed E-state index contributed by atoms with van der Waals surface area (Å²) in [6, 6.07) is 5.49. The van der Waals surface area contributed by atoms with Crippen LogP contribution in [0.4, 0.5) is 0 Å². The topological polar surface area (TPSA) is 69.4 Å². The Morgan fingerprint density at radius 1 is 1.50 bits per heavy atom. The Kier molecular flexibility index (Phi) is 5.09. The Balaban J connectivity index is 2.11. The molecule has 0 amide bonds. The number of halogens is 1. The molecule has 1 heterocycles. The minimum atomic E-state index is -2.90. The maximum absolute atomic E-state index is 11.5. The van der Waals surface area contributed by atoms with Crippen LogP contribution >= 0.6 is 15.9 Å². The van der Waals surface area contributed by atoms with Crippen LogP contribution in [0.15, 0.2) is 22.7 Å². The Morgan fingerprint density at radius 2 is 2.25 bits per heavy atom. The maximum atomic E-state index is 11.5. The first-order valence-corrected chi connectivity index (χ1v) is 9.42. The highest BCUT2D eigenvalue weighted by molar-refractivity contribution is 9.10. The van der Waals surface area contributed by atoms with Crippen LogP contribution in [0.1, 0.15) is 31.4 Å². The minimum Gasteiger partial charge on any atom is -0.492 e. The molecule has 1 aromatic carbocycles. The lowest BCUT2D eigenvalue weighted by atomic mass is 9.93. The van der Waals surface area contributed by atoms with Gasteiger partial charge in [-0.15, -0.1) is 0 Å². The summed E-state index contributed by atoms with van der Waals surface area (Å²) in [7, 11) is -2.90. The summed E-state index contributed by atoms with van der Waals surface area (Å²) in [6.45, 7) is 2.73. The molecule has 1 aliphatic rings. The predicted molar refractivity (Wildman–Crippen MR) is 83.6 cm³/mol. The van der Waals surface area contributed by atoms with Crippen molar-refractivity contribution in [2.45, 2.75) is 25.8 Å². The molecule has 2 unspecified atom stereocenters. The third-order valence-electron chi connectivity index (χ3n) is 3.58. The SMILES string of the molecule is CCCOc1ccc(C(N)C2CCS(=O)(=O)C2)cc1Br. The van der Waals surface area contributed by atoms with E-state index in [0.29, 0.717) is 13.0 Å². The van der Waals surface area contributed by atoms with Crippen molar-refractivity contribution in [1.82, 2.24) is 0 Å². The van der Waals surface area contributed by atoms with Crippen molar-refractivity contribution in [2.24, 2.45) is 11.7 Å². The van der Waals surface area contributed by atoms with E-state index < -0.39 is 9.84 Å². The molecular weight excluding hydrogens is 342 g/mol. The second-order valence-electron chi connectivity index (χ2n) is 5.23. The molecule has 20 heavy (non-hydrogen) atoms. The second kappa shape index (κ2) is 6.45. The van der Waals surface area contributed by atoms with Crippen molar-refractivity contribution in [3.05, 3.63) is 28.2 Å². The molecule has 2 rings (SSSR count). The smallest absolute Gasteiger partial charge is 0.150 e. The molecular formula is C14H20BrNO3S. The van der Waals surface area contributed by atoms with Crippen LogP contribution in [-0.2, 0) is 9.84 Å². The summed E-state index contributed by atoms with van der Waals surface area (Å²) in [6.07, 6.45) is 1.60. The number of hydrogen-bond acceptors (Lipinski definition) is 4. The van der Waals surface area contributed by atoms with Crippen molar-refractivity contribution < 1.29 is 13.2 Å². The monoisotopic (exact) mass is 361 g/mol. The van der Waals surface area contributed by atoms with Gasteiger partial charge in [0, 0.05) is 6.04 Å².